The van der Waals surface area contributed by atoms with Crippen LogP contribution in [0.15, 0.2) is 76.5 Å². The molecule has 0 aromatic heterocycles. The van der Waals surface area contributed by atoms with E-state index < -0.39 is 10.8 Å². The molecule has 1 aliphatic carbocycles. The number of methoxy groups -OCH3 is 2. The van der Waals surface area contributed by atoms with Gasteiger partial charge in [0.2, 0.25) is 5.69 Å². The molecule has 2 heterocycles. The number of Topliss-reactive ketones (excluding diaryl/α,β-unsaturated/α-hetero) is 1. The molecule has 214 valence electrons. The molecule has 2 aromatic carbocycles. The highest BCUT2D eigenvalue weighted by molar-refractivity contribution is 6.27. The molecule has 0 radical (unpaired) electrons. The molecule has 42 heavy (non-hydrogen) atoms. The normalized spacial score (nSPS) is 19.9. The van der Waals surface area contributed by atoms with Gasteiger partial charge in [-0.15, -0.1) is 0 Å². The first-order valence-corrected chi connectivity index (χ1v) is 14.2. The van der Waals surface area contributed by atoms with Gasteiger partial charge >= 0.3 is 0 Å². The number of ketones is 1. The van der Waals surface area contributed by atoms with Crippen LogP contribution in [-0.4, -0.2) is 49.2 Å². The fraction of sp³-hybridized carbons (Fsp3) is 0.343. The van der Waals surface area contributed by atoms with Gasteiger partial charge in [-0.25, -0.2) is 5.87 Å². The second-order valence-corrected chi connectivity index (χ2v) is 11.7. The monoisotopic (exact) mass is 560 g/mol. The van der Waals surface area contributed by atoms with Crippen LogP contribution in [-0.2, 0) is 15.6 Å². The molecular formula is C35H36N4O3. The van der Waals surface area contributed by atoms with Crippen LogP contribution in [0.25, 0.3) is 5.41 Å². The molecule has 2 aromatic rings. The van der Waals surface area contributed by atoms with Crippen molar-refractivity contribution in [1.29, 1.82) is 5.26 Å². The van der Waals surface area contributed by atoms with Crippen LogP contribution in [0.2, 0.25) is 0 Å². The Labute approximate surface area is 247 Å². The third kappa shape index (κ3) is 4.06. The van der Waals surface area contributed by atoms with E-state index in [1.165, 1.54) is 0 Å². The van der Waals surface area contributed by atoms with E-state index in [2.05, 4.69) is 51.0 Å². The van der Waals surface area contributed by atoms with Crippen LogP contribution in [0, 0.1) is 11.3 Å². The first kappa shape index (κ1) is 28.9. The molecule has 3 aliphatic rings. The number of benzene rings is 2. The number of rotatable bonds is 7. The minimum atomic E-state index is -0.431. The van der Waals surface area contributed by atoms with Gasteiger partial charge in [-0.05, 0) is 69.7 Å². The summed E-state index contributed by atoms with van der Waals surface area (Å²) in [5.74, 6) is 3.41. The summed E-state index contributed by atoms with van der Waals surface area (Å²) in [5, 5.41) is 19.9. The predicted octanol–water partition coefficient (Wildman–Crippen LogP) is 6.30. The molecule has 7 heteroatoms. The summed E-state index contributed by atoms with van der Waals surface area (Å²) in [5.41, 5.74) is 6.43. The van der Waals surface area contributed by atoms with Crippen LogP contribution >= 0.6 is 0 Å². The molecule has 0 bridgehead atoms. The fourth-order valence-corrected chi connectivity index (χ4v) is 6.57. The molecule has 0 atom stereocenters. The largest absolute Gasteiger partial charge is 0.762 e. The average Bonchev–Trinajstić information content (AvgIpc) is 3.34. The highest BCUT2D eigenvalue weighted by atomic mass is 16.5. The maximum atomic E-state index is 13.9. The number of hydrogen-bond acceptors (Lipinski definition) is 5. The number of carbonyl (C=O) groups is 1. The van der Waals surface area contributed by atoms with Crippen molar-refractivity contribution < 1.29 is 18.8 Å². The number of hydrogen-bond donors (Lipinski definition) is 0. The number of likely N-dealkylation sites (N-methyl/N-ethyl adjacent to an activating group) is 1. The molecule has 0 fully saturated rings. The summed E-state index contributed by atoms with van der Waals surface area (Å²) in [6, 6.07) is 14.1. The zero-order valence-electron chi connectivity index (χ0n) is 25.5. The molecule has 2 aliphatic heterocycles. The third-order valence-corrected chi connectivity index (χ3v) is 8.89. The van der Waals surface area contributed by atoms with Crippen molar-refractivity contribution in [2.24, 2.45) is 0 Å². The maximum Gasteiger partial charge on any atom is 0.210 e. The lowest BCUT2D eigenvalue weighted by molar-refractivity contribution is -0.433. The van der Waals surface area contributed by atoms with E-state index in [0.717, 1.165) is 45.4 Å². The van der Waals surface area contributed by atoms with Gasteiger partial charge < -0.3 is 19.8 Å². The van der Waals surface area contributed by atoms with E-state index >= 15 is 0 Å². The summed E-state index contributed by atoms with van der Waals surface area (Å²) in [7, 11) is 3.30. The van der Waals surface area contributed by atoms with Crippen molar-refractivity contribution in [2.75, 3.05) is 32.2 Å². The van der Waals surface area contributed by atoms with Gasteiger partial charge in [0.05, 0.1) is 25.2 Å². The van der Waals surface area contributed by atoms with Crippen LogP contribution in [0.3, 0.4) is 0 Å². The quantitative estimate of drug-likeness (QED) is 0.172. The molecule has 0 N–H and O–H groups in total. The van der Waals surface area contributed by atoms with Crippen LogP contribution in [0.4, 0.5) is 11.4 Å². The zero-order valence-corrected chi connectivity index (χ0v) is 25.5. The summed E-state index contributed by atoms with van der Waals surface area (Å²) in [4.78, 5) is 16.1. The number of carbonyl (C=O) groups excluding carboxylic acids is 1. The lowest BCUT2D eigenvalue weighted by Gasteiger charge is -2.30. The molecule has 5 rings (SSSR count). The minimum absolute atomic E-state index is 0.0654. The Bertz CT molecular complexity index is 1750. The summed E-state index contributed by atoms with van der Waals surface area (Å²) < 4.78 is 13.2. The second-order valence-electron chi connectivity index (χ2n) is 11.7. The van der Waals surface area contributed by atoms with Crippen molar-refractivity contribution in [2.45, 2.75) is 52.4 Å². The van der Waals surface area contributed by atoms with Crippen LogP contribution in [0.1, 0.15) is 52.7 Å². The smallest absolute Gasteiger partial charge is 0.210 e. The average molecular weight is 561 g/mol. The van der Waals surface area contributed by atoms with Gasteiger partial charge in [0.15, 0.2) is 11.5 Å². The molecule has 0 unspecified atom stereocenters. The minimum Gasteiger partial charge on any atom is -0.762 e. The lowest BCUT2D eigenvalue weighted by Crippen LogP contribution is -2.32. The Morgan fingerprint density at radius 2 is 1.64 bits per heavy atom. The Balaban J connectivity index is 1.69. The van der Waals surface area contributed by atoms with E-state index in [1.54, 1.807) is 14.2 Å². The number of anilines is 1. The Hall–Kier alpha value is -4.66. The van der Waals surface area contributed by atoms with Crippen molar-refractivity contribution in [3.63, 3.8) is 0 Å². The van der Waals surface area contributed by atoms with E-state index in [1.807, 2.05) is 60.5 Å². The number of nitrogens with zero attached hydrogens (tertiary/aromatic N) is 4. The molecule has 0 spiro atoms. The van der Waals surface area contributed by atoms with Crippen molar-refractivity contribution in [3.8, 4) is 17.6 Å². The van der Waals surface area contributed by atoms with Gasteiger partial charge in [-0.1, -0.05) is 13.8 Å². The SMILES string of the molecule is CCN1C(=CC2=C(C(=C=[N-])C#N)C(=CC3=[N+](CC)c4ccc(OC)cc4C3(C)C)C2=O)C(C)(C)c2cc(OC)ccc21. The molecule has 0 saturated heterocycles. The highest BCUT2D eigenvalue weighted by Gasteiger charge is 2.47. The van der Waals surface area contributed by atoms with Crippen LogP contribution in [0.5, 0.6) is 11.5 Å². The standard InChI is InChI=1S/C35H36N4O3/c1-9-38-28-13-11-22(41-7)15-26(28)34(3,4)30(38)17-24-32(21(19-36)20-37)25(33(24)40)18-31-35(5,6)27-16-23(42-8)12-14-29(27)39(31)10-2/h11-18H,9-10H2,1-8H3. The summed E-state index contributed by atoms with van der Waals surface area (Å²) in [6.45, 7) is 14.0. The van der Waals surface area contributed by atoms with E-state index in [0.29, 0.717) is 29.8 Å². The predicted molar refractivity (Wildman–Crippen MR) is 166 cm³/mol. The maximum absolute atomic E-state index is 13.9. The van der Waals surface area contributed by atoms with Crippen molar-refractivity contribution in [3.05, 3.63) is 93.1 Å². The lowest BCUT2D eigenvalue weighted by atomic mass is 9.73. The topological polar surface area (TPSA) is 87.9 Å². The van der Waals surface area contributed by atoms with Gasteiger partial charge in [0.25, 0.3) is 0 Å². The number of nitriles is 1. The second kappa shape index (κ2) is 10.3. The Morgan fingerprint density at radius 3 is 2.21 bits per heavy atom. The summed E-state index contributed by atoms with van der Waals surface area (Å²) in [6.07, 6.45) is 3.75. The van der Waals surface area contributed by atoms with Crippen molar-refractivity contribution in [1.82, 2.24) is 0 Å². The highest BCUT2D eigenvalue weighted by Crippen LogP contribution is 2.51. The zero-order chi connectivity index (χ0) is 30.6. The van der Waals surface area contributed by atoms with Gasteiger partial charge in [0, 0.05) is 57.8 Å². The van der Waals surface area contributed by atoms with Crippen molar-refractivity contribution >= 4 is 28.7 Å². The summed E-state index contributed by atoms with van der Waals surface area (Å²) >= 11 is 0. The first-order valence-electron chi connectivity index (χ1n) is 14.2. The number of ether oxygens (including phenoxy) is 2. The molecule has 0 amide bonds. The molecular weight excluding hydrogens is 524 g/mol. The number of allylic oxidation sites excluding steroid dienone is 7. The van der Waals surface area contributed by atoms with E-state index in [4.69, 9.17) is 9.47 Å². The molecule has 0 saturated carbocycles. The van der Waals surface area contributed by atoms with Gasteiger partial charge in [0.1, 0.15) is 24.1 Å². The Kier molecular flexibility index (Phi) is 7.08. The first-order chi connectivity index (χ1) is 20.0. The van der Waals surface area contributed by atoms with Gasteiger partial charge in [-0.2, -0.15) is 9.84 Å². The fourth-order valence-electron chi connectivity index (χ4n) is 6.57. The van der Waals surface area contributed by atoms with E-state index in [-0.39, 0.29) is 11.4 Å². The third-order valence-electron chi connectivity index (χ3n) is 8.89. The Morgan fingerprint density at radius 1 is 1.00 bits per heavy atom. The van der Waals surface area contributed by atoms with Crippen LogP contribution < -0.4 is 14.4 Å². The van der Waals surface area contributed by atoms with Gasteiger partial charge in [-0.3, -0.25) is 4.79 Å². The number of fused-ring (bicyclic) bond motifs is 2. The molecule has 7 nitrogen and oxygen atoms in total. The van der Waals surface area contributed by atoms with E-state index in [9.17, 15) is 15.5 Å².